The van der Waals surface area contributed by atoms with Gasteiger partial charge >= 0.3 is 0 Å². The minimum Gasteiger partial charge on any atom is -0.354 e. The maximum atomic E-state index is 4.47. The Labute approximate surface area is 122 Å². The molecule has 0 aromatic heterocycles. The van der Waals surface area contributed by atoms with Gasteiger partial charge in [-0.05, 0) is 43.7 Å². The molecule has 20 heavy (non-hydrogen) atoms. The number of nitrogens with zero attached hydrogens (tertiary/aromatic N) is 2. The van der Waals surface area contributed by atoms with Crippen LogP contribution in [0.25, 0.3) is 0 Å². The van der Waals surface area contributed by atoms with Gasteiger partial charge in [0.05, 0.1) is 0 Å². The van der Waals surface area contributed by atoms with Crippen LogP contribution in [0.2, 0.25) is 0 Å². The van der Waals surface area contributed by atoms with Crippen molar-refractivity contribution in [3.05, 3.63) is 35.4 Å². The van der Waals surface area contributed by atoms with Crippen LogP contribution in [-0.4, -0.2) is 37.0 Å². The van der Waals surface area contributed by atoms with Crippen LogP contribution in [0.15, 0.2) is 29.3 Å². The van der Waals surface area contributed by atoms with E-state index in [1.165, 1.54) is 36.8 Å². The van der Waals surface area contributed by atoms with Crippen LogP contribution in [-0.2, 0) is 0 Å². The average molecular weight is 271 g/mol. The molecule has 1 aliphatic heterocycles. The number of nitrogens with one attached hydrogen (secondary N) is 1. The summed E-state index contributed by atoms with van der Waals surface area (Å²) in [4.78, 5) is 6.90. The topological polar surface area (TPSA) is 27.6 Å². The number of aliphatic imine (C=N–C) groups is 1. The van der Waals surface area contributed by atoms with Gasteiger partial charge in [0.2, 0.25) is 0 Å². The maximum absolute atomic E-state index is 4.47. The van der Waals surface area contributed by atoms with E-state index in [0.29, 0.717) is 12.0 Å². The number of aryl methyl sites for hydroxylation is 1. The zero-order valence-electron chi connectivity index (χ0n) is 12.6. The first-order chi connectivity index (χ1) is 9.78. The molecular formula is C17H25N3. The number of benzene rings is 1. The molecule has 1 saturated heterocycles. The molecule has 1 atom stereocenters. The maximum Gasteiger partial charge on any atom is 0.193 e. The SMILES string of the molecule is CN=C(NC1CCC1)N1CCC(c2ccccc2C)C1. The molecule has 3 heteroatoms. The van der Waals surface area contributed by atoms with Crippen molar-refractivity contribution in [3.8, 4) is 0 Å². The predicted molar refractivity (Wildman–Crippen MR) is 84.2 cm³/mol. The minimum absolute atomic E-state index is 0.649. The fourth-order valence-corrected chi connectivity index (χ4v) is 3.28. The fourth-order valence-electron chi connectivity index (χ4n) is 3.28. The van der Waals surface area contributed by atoms with Gasteiger partial charge in [-0.15, -0.1) is 0 Å². The Kier molecular flexibility index (Phi) is 3.95. The predicted octanol–water partition coefficient (Wildman–Crippen LogP) is 2.91. The number of guanidine groups is 1. The lowest BCUT2D eigenvalue weighted by Gasteiger charge is -2.31. The van der Waals surface area contributed by atoms with Crippen molar-refractivity contribution in [3.63, 3.8) is 0 Å². The van der Waals surface area contributed by atoms with Gasteiger partial charge in [-0.2, -0.15) is 0 Å². The van der Waals surface area contributed by atoms with Gasteiger partial charge in [0.1, 0.15) is 0 Å². The summed E-state index contributed by atoms with van der Waals surface area (Å²) in [7, 11) is 1.90. The van der Waals surface area contributed by atoms with E-state index in [4.69, 9.17) is 0 Å². The van der Waals surface area contributed by atoms with Crippen LogP contribution in [0, 0.1) is 6.92 Å². The van der Waals surface area contributed by atoms with Crippen LogP contribution < -0.4 is 5.32 Å². The van der Waals surface area contributed by atoms with E-state index in [9.17, 15) is 0 Å². The van der Waals surface area contributed by atoms with Crippen LogP contribution in [0.3, 0.4) is 0 Å². The highest BCUT2D eigenvalue weighted by Crippen LogP contribution is 2.29. The van der Waals surface area contributed by atoms with Crippen LogP contribution in [0.4, 0.5) is 0 Å². The van der Waals surface area contributed by atoms with E-state index < -0.39 is 0 Å². The summed E-state index contributed by atoms with van der Waals surface area (Å²) in [5, 5.41) is 3.61. The van der Waals surface area contributed by atoms with Crippen molar-refractivity contribution in [2.45, 2.75) is 44.6 Å². The van der Waals surface area contributed by atoms with Gasteiger partial charge in [0.25, 0.3) is 0 Å². The highest BCUT2D eigenvalue weighted by Gasteiger charge is 2.28. The Morgan fingerprint density at radius 1 is 1.25 bits per heavy atom. The second-order valence-electron chi connectivity index (χ2n) is 6.11. The van der Waals surface area contributed by atoms with Gasteiger partial charge in [0, 0.05) is 32.1 Å². The van der Waals surface area contributed by atoms with E-state index in [1.807, 2.05) is 7.05 Å². The van der Waals surface area contributed by atoms with E-state index in [0.717, 1.165) is 19.0 Å². The van der Waals surface area contributed by atoms with E-state index in [2.05, 4.69) is 46.4 Å². The number of hydrogen-bond donors (Lipinski definition) is 1. The van der Waals surface area contributed by atoms with Gasteiger partial charge in [-0.1, -0.05) is 24.3 Å². The molecule has 2 aliphatic rings. The lowest BCUT2D eigenvalue weighted by molar-refractivity contribution is 0.361. The van der Waals surface area contributed by atoms with Gasteiger partial charge < -0.3 is 10.2 Å². The first-order valence-electron chi connectivity index (χ1n) is 7.81. The molecule has 3 nitrogen and oxygen atoms in total. The lowest BCUT2D eigenvalue weighted by atomic mass is 9.93. The molecule has 1 aromatic carbocycles. The molecule has 3 rings (SSSR count). The smallest absolute Gasteiger partial charge is 0.193 e. The van der Waals surface area contributed by atoms with Gasteiger partial charge in [0.15, 0.2) is 5.96 Å². The fraction of sp³-hybridized carbons (Fsp3) is 0.588. The Hall–Kier alpha value is -1.51. The first-order valence-corrected chi connectivity index (χ1v) is 7.81. The second kappa shape index (κ2) is 5.86. The third-order valence-corrected chi connectivity index (χ3v) is 4.77. The van der Waals surface area contributed by atoms with Crippen LogP contribution >= 0.6 is 0 Å². The lowest BCUT2D eigenvalue weighted by Crippen LogP contribution is -2.47. The van der Waals surface area contributed by atoms with E-state index in [1.54, 1.807) is 0 Å². The third-order valence-electron chi connectivity index (χ3n) is 4.77. The van der Waals surface area contributed by atoms with Gasteiger partial charge in [-0.25, -0.2) is 0 Å². The molecule has 1 heterocycles. The normalized spacial score (nSPS) is 23.8. The molecular weight excluding hydrogens is 246 g/mol. The van der Waals surface area contributed by atoms with Gasteiger partial charge in [-0.3, -0.25) is 4.99 Å². The zero-order chi connectivity index (χ0) is 13.9. The van der Waals surface area contributed by atoms with E-state index >= 15 is 0 Å². The highest BCUT2D eigenvalue weighted by atomic mass is 15.3. The summed E-state index contributed by atoms with van der Waals surface area (Å²) in [5.74, 6) is 1.75. The molecule has 1 aliphatic carbocycles. The zero-order valence-corrected chi connectivity index (χ0v) is 12.6. The standard InChI is InChI=1S/C17H25N3/c1-13-6-3-4-9-16(13)14-10-11-20(12-14)17(18-2)19-15-7-5-8-15/h3-4,6,9,14-15H,5,7-8,10-12H2,1-2H3,(H,18,19). The Balaban J connectivity index is 1.65. The molecule has 0 bridgehead atoms. The van der Waals surface area contributed by atoms with Crippen molar-refractivity contribution in [2.24, 2.45) is 4.99 Å². The number of likely N-dealkylation sites (tertiary alicyclic amines) is 1. The van der Waals surface area contributed by atoms with Crippen LogP contribution in [0.1, 0.15) is 42.7 Å². The summed E-state index contributed by atoms with van der Waals surface area (Å²) in [6.45, 7) is 4.43. The molecule has 1 unspecified atom stereocenters. The summed E-state index contributed by atoms with van der Waals surface area (Å²) in [6.07, 6.45) is 5.19. The molecule has 0 radical (unpaired) electrons. The molecule has 1 saturated carbocycles. The number of hydrogen-bond acceptors (Lipinski definition) is 1. The van der Waals surface area contributed by atoms with Crippen molar-refractivity contribution in [2.75, 3.05) is 20.1 Å². The van der Waals surface area contributed by atoms with Crippen molar-refractivity contribution < 1.29 is 0 Å². The molecule has 0 spiro atoms. The third kappa shape index (κ3) is 2.67. The largest absolute Gasteiger partial charge is 0.354 e. The second-order valence-corrected chi connectivity index (χ2v) is 6.11. The summed E-state index contributed by atoms with van der Waals surface area (Å²) in [6, 6.07) is 9.45. The molecule has 2 fully saturated rings. The number of rotatable bonds is 2. The van der Waals surface area contributed by atoms with Crippen molar-refractivity contribution in [1.29, 1.82) is 0 Å². The summed E-state index contributed by atoms with van der Waals surface area (Å²) in [5.41, 5.74) is 2.93. The Morgan fingerprint density at radius 2 is 2.05 bits per heavy atom. The van der Waals surface area contributed by atoms with Crippen LogP contribution in [0.5, 0.6) is 0 Å². The molecule has 1 N–H and O–H groups in total. The summed E-state index contributed by atoms with van der Waals surface area (Å²) >= 11 is 0. The monoisotopic (exact) mass is 271 g/mol. The minimum atomic E-state index is 0.649. The van der Waals surface area contributed by atoms with Crippen molar-refractivity contribution in [1.82, 2.24) is 10.2 Å². The quantitative estimate of drug-likeness (QED) is 0.661. The first kappa shape index (κ1) is 13.5. The molecule has 1 aromatic rings. The van der Waals surface area contributed by atoms with Crippen molar-refractivity contribution >= 4 is 5.96 Å². The Bertz CT molecular complexity index is 491. The molecule has 108 valence electrons. The molecule has 0 amide bonds. The van der Waals surface area contributed by atoms with E-state index in [-0.39, 0.29) is 0 Å². The Morgan fingerprint density at radius 3 is 2.70 bits per heavy atom. The average Bonchev–Trinajstić information content (AvgIpc) is 2.87. The summed E-state index contributed by atoms with van der Waals surface area (Å²) < 4.78 is 0. The highest BCUT2D eigenvalue weighted by molar-refractivity contribution is 5.80.